The molecular formula is C21H32O3. The number of carbonyl (C=O) groups is 2. The van der Waals surface area contributed by atoms with Gasteiger partial charge in [0.05, 0.1) is 6.10 Å². The highest BCUT2D eigenvalue weighted by Crippen LogP contribution is 2.66. The molecule has 0 spiro atoms. The summed E-state index contributed by atoms with van der Waals surface area (Å²) in [4.78, 5) is 25.5. The number of carbonyl (C=O) groups excluding carboxylic acids is 2. The van der Waals surface area contributed by atoms with Crippen LogP contribution in [0.3, 0.4) is 0 Å². The first-order chi connectivity index (χ1) is 11.3. The highest BCUT2D eigenvalue weighted by atomic mass is 16.3. The Morgan fingerprint density at radius 2 is 1.83 bits per heavy atom. The molecular weight excluding hydrogens is 300 g/mol. The summed E-state index contributed by atoms with van der Waals surface area (Å²) in [6.07, 6.45) is 7.53. The minimum atomic E-state index is -0.169. The molecule has 0 radical (unpaired) electrons. The molecule has 0 bridgehead atoms. The smallest absolute Gasteiger partial charge is 0.137 e. The first-order valence-corrected chi connectivity index (χ1v) is 9.98. The molecule has 3 heteroatoms. The van der Waals surface area contributed by atoms with Crippen molar-refractivity contribution in [1.82, 2.24) is 0 Å². The van der Waals surface area contributed by atoms with Crippen LogP contribution >= 0.6 is 0 Å². The van der Waals surface area contributed by atoms with Crippen molar-refractivity contribution in [2.24, 2.45) is 40.4 Å². The molecule has 4 fully saturated rings. The summed E-state index contributed by atoms with van der Waals surface area (Å²) < 4.78 is 0. The van der Waals surface area contributed by atoms with E-state index in [4.69, 9.17) is 0 Å². The molecule has 0 aromatic heterocycles. The van der Waals surface area contributed by atoms with E-state index in [9.17, 15) is 14.7 Å². The van der Waals surface area contributed by atoms with Gasteiger partial charge in [-0.05, 0) is 80.5 Å². The van der Waals surface area contributed by atoms with E-state index >= 15 is 0 Å². The molecule has 3 nitrogen and oxygen atoms in total. The summed E-state index contributed by atoms with van der Waals surface area (Å²) in [5.41, 5.74) is -0.0175. The molecule has 4 aliphatic carbocycles. The average molecular weight is 332 g/mol. The fourth-order valence-electron chi connectivity index (χ4n) is 7.72. The van der Waals surface area contributed by atoms with Gasteiger partial charge in [0.2, 0.25) is 0 Å². The Morgan fingerprint density at radius 3 is 2.54 bits per heavy atom. The van der Waals surface area contributed by atoms with E-state index in [1.807, 2.05) is 0 Å². The highest BCUT2D eigenvalue weighted by Gasteiger charge is 2.63. The monoisotopic (exact) mass is 332 g/mol. The molecule has 24 heavy (non-hydrogen) atoms. The molecule has 4 aliphatic rings. The van der Waals surface area contributed by atoms with E-state index in [0.29, 0.717) is 30.0 Å². The Kier molecular flexibility index (Phi) is 3.77. The Hall–Kier alpha value is -0.700. The fraction of sp³-hybridized carbons (Fsp3) is 0.905. The van der Waals surface area contributed by atoms with E-state index in [1.165, 1.54) is 0 Å². The van der Waals surface area contributed by atoms with E-state index in [-0.39, 0.29) is 34.6 Å². The van der Waals surface area contributed by atoms with Crippen LogP contribution in [0.2, 0.25) is 0 Å². The molecule has 0 saturated heterocycles. The van der Waals surface area contributed by atoms with E-state index < -0.39 is 0 Å². The summed E-state index contributed by atoms with van der Waals surface area (Å²) in [5.74, 6) is 2.48. The van der Waals surface area contributed by atoms with Crippen LogP contribution in [0.25, 0.3) is 0 Å². The molecule has 0 heterocycles. The summed E-state index contributed by atoms with van der Waals surface area (Å²) in [6, 6.07) is 0. The molecule has 3 unspecified atom stereocenters. The van der Waals surface area contributed by atoms with E-state index in [0.717, 1.165) is 44.9 Å². The molecule has 134 valence electrons. The van der Waals surface area contributed by atoms with Crippen molar-refractivity contribution in [3.05, 3.63) is 0 Å². The number of ketones is 2. The number of hydrogen-bond donors (Lipinski definition) is 1. The van der Waals surface area contributed by atoms with Crippen molar-refractivity contribution < 1.29 is 14.7 Å². The second-order valence-electron chi connectivity index (χ2n) is 9.85. The van der Waals surface area contributed by atoms with Gasteiger partial charge in [0, 0.05) is 18.3 Å². The topological polar surface area (TPSA) is 54.4 Å². The molecule has 0 aromatic rings. The van der Waals surface area contributed by atoms with Gasteiger partial charge in [-0.15, -0.1) is 0 Å². The van der Waals surface area contributed by atoms with Gasteiger partial charge in [-0.25, -0.2) is 0 Å². The number of Topliss-reactive ketones (excluding diaryl/α,β-unsaturated/α-hetero) is 2. The van der Waals surface area contributed by atoms with Crippen molar-refractivity contribution in [2.75, 3.05) is 0 Å². The molecule has 4 saturated carbocycles. The summed E-state index contributed by atoms with van der Waals surface area (Å²) in [7, 11) is 0. The molecule has 0 aromatic carbocycles. The van der Waals surface area contributed by atoms with Gasteiger partial charge in [-0.3, -0.25) is 9.59 Å². The first kappa shape index (κ1) is 16.8. The van der Waals surface area contributed by atoms with Crippen molar-refractivity contribution in [1.29, 1.82) is 0 Å². The zero-order valence-corrected chi connectivity index (χ0v) is 15.4. The van der Waals surface area contributed by atoms with Crippen LogP contribution < -0.4 is 0 Å². The maximum Gasteiger partial charge on any atom is 0.137 e. The van der Waals surface area contributed by atoms with E-state index in [2.05, 4.69) is 13.8 Å². The third kappa shape index (κ3) is 2.12. The summed E-state index contributed by atoms with van der Waals surface area (Å²) >= 11 is 0. The Morgan fingerprint density at radius 1 is 1.08 bits per heavy atom. The van der Waals surface area contributed by atoms with Crippen molar-refractivity contribution in [3.8, 4) is 0 Å². The third-order valence-electron chi connectivity index (χ3n) is 8.81. The molecule has 0 amide bonds. The third-order valence-corrected chi connectivity index (χ3v) is 8.81. The van der Waals surface area contributed by atoms with Gasteiger partial charge in [-0.1, -0.05) is 13.8 Å². The zero-order valence-electron chi connectivity index (χ0n) is 15.4. The van der Waals surface area contributed by atoms with Gasteiger partial charge in [0.1, 0.15) is 11.6 Å². The number of rotatable bonds is 1. The largest absolute Gasteiger partial charge is 0.393 e. The van der Waals surface area contributed by atoms with Crippen molar-refractivity contribution in [3.63, 3.8) is 0 Å². The predicted molar refractivity (Wildman–Crippen MR) is 92.3 cm³/mol. The van der Waals surface area contributed by atoms with Crippen LogP contribution in [-0.4, -0.2) is 22.8 Å². The maximum atomic E-state index is 13.3. The molecule has 8 atom stereocenters. The number of hydrogen-bond acceptors (Lipinski definition) is 3. The molecule has 0 aliphatic heterocycles. The van der Waals surface area contributed by atoms with Gasteiger partial charge >= 0.3 is 0 Å². The maximum absolute atomic E-state index is 13.3. The molecule has 1 N–H and O–H groups in total. The second kappa shape index (κ2) is 5.40. The second-order valence-corrected chi connectivity index (χ2v) is 9.85. The highest BCUT2D eigenvalue weighted by molar-refractivity contribution is 5.87. The van der Waals surface area contributed by atoms with Crippen molar-refractivity contribution in [2.45, 2.75) is 78.2 Å². The van der Waals surface area contributed by atoms with Crippen LogP contribution in [0, 0.1) is 40.4 Å². The lowest BCUT2D eigenvalue weighted by Gasteiger charge is -2.59. The Bertz CT molecular complexity index is 569. The van der Waals surface area contributed by atoms with Crippen LogP contribution in [0.5, 0.6) is 0 Å². The van der Waals surface area contributed by atoms with Crippen molar-refractivity contribution >= 4 is 11.6 Å². The lowest BCUT2D eigenvalue weighted by Crippen LogP contribution is -2.58. The number of fused-ring (bicyclic) bond motifs is 5. The van der Waals surface area contributed by atoms with Crippen LogP contribution in [0.1, 0.15) is 72.1 Å². The molecule has 4 rings (SSSR count). The normalized spacial score (nSPS) is 53.9. The van der Waals surface area contributed by atoms with Crippen LogP contribution in [0.15, 0.2) is 0 Å². The predicted octanol–water partition coefficient (Wildman–Crippen LogP) is 3.77. The van der Waals surface area contributed by atoms with Crippen LogP contribution in [-0.2, 0) is 9.59 Å². The number of aliphatic hydroxyl groups is 1. The van der Waals surface area contributed by atoms with Gasteiger partial charge in [0.25, 0.3) is 0 Å². The Balaban J connectivity index is 1.68. The lowest BCUT2D eigenvalue weighted by molar-refractivity contribution is -0.162. The summed E-state index contributed by atoms with van der Waals surface area (Å²) in [6.45, 7) is 6.28. The van der Waals surface area contributed by atoms with Gasteiger partial charge in [0.15, 0.2) is 0 Å². The zero-order chi connectivity index (χ0) is 17.3. The fourth-order valence-corrected chi connectivity index (χ4v) is 7.72. The first-order valence-electron chi connectivity index (χ1n) is 9.98. The number of aliphatic hydroxyl groups excluding tert-OH is 1. The summed E-state index contributed by atoms with van der Waals surface area (Å²) in [5, 5.41) is 10.1. The quantitative estimate of drug-likeness (QED) is 0.795. The average Bonchev–Trinajstić information content (AvgIpc) is 2.84. The minimum Gasteiger partial charge on any atom is -0.393 e. The standard InChI is InChI=1S/C21H32O3/c1-12(22)16-6-7-17-15-5-4-13-10-14(23)8-9-20(13,2)19(15)18(24)11-21(16,17)3/h13-17,19,23H,4-11H2,1-3H3/t13-,14+,15?,16?,17-,19+,20?,21-/m0/s1. The van der Waals surface area contributed by atoms with E-state index in [1.54, 1.807) is 6.92 Å². The Labute approximate surface area is 145 Å². The van der Waals surface area contributed by atoms with Gasteiger partial charge < -0.3 is 5.11 Å². The van der Waals surface area contributed by atoms with Gasteiger partial charge in [-0.2, -0.15) is 0 Å². The minimum absolute atomic E-state index is 0.0782. The van der Waals surface area contributed by atoms with Crippen LogP contribution in [0.4, 0.5) is 0 Å². The SMILES string of the molecule is CC(=O)C1CC[C@H]2C3CC[C@H]4C[C@H](O)CCC4(C)[C@H]3C(=O)C[C@@]12C. The lowest BCUT2D eigenvalue weighted by atomic mass is 9.44.